The standard InChI is InChI=1S/C16H14F2N2O2S/c17-12-3-1-4-13(18)11(12)7-19-15(21)10-8-20(9-10)16(22)14-5-2-6-23-14/h1-6,10H,7-9H2,(H,19,21). The van der Waals surface area contributed by atoms with E-state index in [9.17, 15) is 18.4 Å². The van der Waals surface area contributed by atoms with Crippen molar-refractivity contribution < 1.29 is 18.4 Å². The molecule has 1 aliphatic rings. The van der Waals surface area contributed by atoms with E-state index in [4.69, 9.17) is 0 Å². The Hall–Kier alpha value is -2.28. The van der Waals surface area contributed by atoms with Crippen LogP contribution in [0.3, 0.4) is 0 Å². The quantitative estimate of drug-likeness (QED) is 0.932. The van der Waals surface area contributed by atoms with E-state index in [1.807, 2.05) is 5.38 Å². The fraction of sp³-hybridized carbons (Fsp3) is 0.250. The number of rotatable bonds is 4. The van der Waals surface area contributed by atoms with E-state index >= 15 is 0 Å². The highest BCUT2D eigenvalue weighted by molar-refractivity contribution is 7.12. The number of benzene rings is 1. The molecule has 120 valence electrons. The summed E-state index contributed by atoms with van der Waals surface area (Å²) in [6.45, 7) is 0.442. The van der Waals surface area contributed by atoms with E-state index in [-0.39, 0.29) is 29.8 Å². The summed E-state index contributed by atoms with van der Waals surface area (Å²) >= 11 is 1.35. The molecule has 23 heavy (non-hydrogen) atoms. The maximum absolute atomic E-state index is 13.5. The fourth-order valence-corrected chi connectivity index (χ4v) is 3.08. The van der Waals surface area contributed by atoms with Gasteiger partial charge in [0.15, 0.2) is 0 Å². The second-order valence-corrected chi connectivity index (χ2v) is 6.25. The van der Waals surface area contributed by atoms with E-state index in [0.29, 0.717) is 18.0 Å². The molecule has 0 radical (unpaired) electrons. The number of hydrogen-bond acceptors (Lipinski definition) is 3. The molecule has 0 spiro atoms. The molecule has 2 heterocycles. The lowest BCUT2D eigenvalue weighted by Crippen LogP contribution is -2.55. The molecule has 4 nitrogen and oxygen atoms in total. The number of thiophene rings is 1. The first-order chi connectivity index (χ1) is 11.1. The summed E-state index contributed by atoms with van der Waals surface area (Å²) in [5.74, 6) is -2.11. The smallest absolute Gasteiger partial charge is 0.263 e. The zero-order chi connectivity index (χ0) is 16.4. The fourth-order valence-electron chi connectivity index (χ4n) is 2.39. The average Bonchev–Trinajstić information content (AvgIpc) is 2.99. The van der Waals surface area contributed by atoms with Crippen LogP contribution in [0.1, 0.15) is 15.2 Å². The molecule has 0 aliphatic carbocycles. The number of carbonyl (C=O) groups is 2. The molecular formula is C16H14F2N2O2S. The van der Waals surface area contributed by atoms with Gasteiger partial charge < -0.3 is 10.2 Å². The minimum absolute atomic E-state index is 0.0933. The Morgan fingerprint density at radius 2 is 1.87 bits per heavy atom. The Balaban J connectivity index is 1.50. The minimum Gasteiger partial charge on any atom is -0.351 e. The van der Waals surface area contributed by atoms with Crippen molar-refractivity contribution in [2.24, 2.45) is 5.92 Å². The van der Waals surface area contributed by atoms with Crippen LogP contribution in [-0.2, 0) is 11.3 Å². The number of nitrogens with one attached hydrogen (secondary N) is 1. The normalized spacial score (nSPS) is 14.4. The maximum atomic E-state index is 13.5. The van der Waals surface area contributed by atoms with Gasteiger partial charge in [-0.05, 0) is 23.6 Å². The lowest BCUT2D eigenvalue weighted by molar-refractivity contribution is -0.129. The molecule has 0 atom stereocenters. The molecule has 2 aromatic rings. The van der Waals surface area contributed by atoms with E-state index in [0.717, 1.165) is 12.1 Å². The number of carbonyl (C=O) groups excluding carboxylic acids is 2. The van der Waals surface area contributed by atoms with Crippen LogP contribution in [0.4, 0.5) is 8.78 Å². The van der Waals surface area contributed by atoms with Crippen LogP contribution in [-0.4, -0.2) is 29.8 Å². The molecule has 1 fully saturated rings. The average molecular weight is 336 g/mol. The predicted molar refractivity (Wildman–Crippen MR) is 81.9 cm³/mol. The van der Waals surface area contributed by atoms with Crippen molar-refractivity contribution >= 4 is 23.2 Å². The molecule has 1 aliphatic heterocycles. The molecule has 0 unspecified atom stereocenters. The summed E-state index contributed by atoms with van der Waals surface area (Å²) in [5, 5.41) is 4.34. The van der Waals surface area contributed by atoms with Crippen LogP contribution < -0.4 is 5.32 Å². The highest BCUT2D eigenvalue weighted by Crippen LogP contribution is 2.21. The molecule has 0 bridgehead atoms. The summed E-state index contributed by atoms with van der Waals surface area (Å²) in [6.07, 6.45) is 0. The molecule has 7 heteroatoms. The second-order valence-electron chi connectivity index (χ2n) is 5.30. The van der Waals surface area contributed by atoms with E-state index in [1.165, 1.54) is 17.4 Å². The Morgan fingerprint density at radius 1 is 1.17 bits per heavy atom. The minimum atomic E-state index is -0.687. The second kappa shape index (κ2) is 6.45. The first kappa shape index (κ1) is 15.6. The Labute approximate surface area is 135 Å². The Morgan fingerprint density at radius 3 is 2.48 bits per heavy atom. The van der Waals surface area contributed by atoms with E-state index in [1.54, 1.807) is 17.0 Å². The van der Waals surface area contributed by atoms with E-state index in [2.05, 4.69) is 5.32 Å². The summed E-state index contributed by atoms with van der Waals surface area (Å²) in [6, 6.07) is 7.10. The van der Waals surface area contributed by atoms with Gasteiger partial charge in [-0.15, -0.1) is 11.3 Å². The lowest BCUT2D eigenvalue weighted by Gasteiger charge is -2.37. The monoisotopic (exact) mass is 336 g/mol. The molecule has 1 N–H and O–H groups in total. The first-order valence-electron chi connectivity index (χ1n) is 7.09. The molecule has 1 aromatic carbocycles. The Bertz CT molecular complexity index is 707. The zero-order valence-corrected chi connectivity index (χ0v) is 12.9. The largest absolute Gasteiger partial charge is 0.351 e. The Kier molecular flexibility index (Phi) is 4.38. The number of halogens is 2. The number of amides is 2. The number of likely N-dealkylation sites (tertiary alicyclic amines) is 1. The van der Waals surface area contributed by atoms with Gasteiger partial charge in [0.2, 0.25) is 5.91 Å². The van der Waals surface area contributed by atoms with Crippen LogP contribution in [0.25, 0.3) is 0 Å². The van der Waals surface area contributed by atoms with Gasteiger partial charge in [-0.3, -0.25) is 9.59 Å². The number of nitrogens with zero attached hydrogens (tertiary/aromatic N) is 1. The van der Waals surface area contributed by atoms with Crippen LogP contribution >= 0.6 is 11.3 Å². The summed E-state index contributed by atoms with van der Waals surface area (Å²) in [5.41, 5.74) is -0.160. The number of hydrogen-bond donors (Lipinski definition) is 1. The molecule has 0 saturated carbocycles. The highest BCUT2D eigenvalue weighted by Gasteiger charge is 2.36. The van der Waals surface area contributed by atoms with Crippen molar-refractivity contribution in [1.82, 2.24) is 10.2 Å². The van der Waals surface area contributed by atoms with Crippen molar-refractivity contribution in [3.05, 3.63) is 57.8 Å². The van der Waals surface area contributed by atoms with Gasteiger partial charge in [0.05, 0.1) is 10.8 Å². The first-order valence-corrected chi connectivity index (χ1v) is 7.97. The van der Waals surface area contributed by atoms with Gasteiger partial charge in [-0.1, -0.05) is 12.1 Å². The van der Waals surface area contributed by atoms with Crippen LogP contribution in [0.15, 0.2) is 35.7 Å². The lowest BCUT2D eigenvalue weighted by atomic mass is 9.98. The summed E-state index contributed by atoms with van der Waals surface area (Å²) in [4.78, 5) is 26.2. The van der Waals surface area contributed by atoms with Crippen LogP contribution in [0.2, 0.25) is 0 Å². The third-order valence-electron chi connectivity index (χ3n) is 3.77. The van der Waals surface area contributed by atoms with Crippen molar-refractivity contribution in [1.29, 1.82) is 0 Å². The van der Waals surface area contributed by atoms with Crippen molar-refractivity contribution in [2.45, 2.75) is 6.54 Å². The molecule has 3 rings (SSSR count). The highest BCUT2D eigenvalue weighted by atomic mass is 32.1. The van der Waals surface area contributed by atoms with Crippen molar-refractivity contribution in [3.63, 3.8) is 0 Å². The van der Waals surface area contributed by atoms with Crippen LogP contribution in [0, 0.1) is 17.6 Å². The zero-order valence-electron chi connectivity index (χ0n) is 12.1. The molecule has 1 aromatic heterocycles. The van der Waals surface area contributed by atoms with Crippen molar-refractivity contribution in [2.75, 3.05) is 13.1 Å². The molecular weight excluding hydrogens is 322 g/mol. The predicted octanol–water partition coefficient (Wildman–Crippen LogP) is 2.41. The van der Waals surface area contributed by atoms with Gasteiger partial charge in [0.25, 0.3) is 5.91 Å². The third kappa shape index (κ3) is 3.24. The van der Waals surface area contributed by atoms with E-state index < -0.39 is 11.6 Å². The summed E-state index contributed by atoms with van der Waals surface area (Å²) < 4.78 is 27.0. The van der Waals surface area contributed by atoms with Gasteiger partial charge in [0, 0.05) is 25.2 Å². The topological polar surface area (TPSA) is 49.4 Å². The van der Waals surface area contributed by atoms with Gasteiger partial charge in [-0.2, -0.15) is 0 Å². The SMILES string of the molecule is O=C(NCc1c(F)cccc1F)C1CN(C(=O)c2cccs2)C1. The third-order valence-corrected chi connectivity index (χ3v) is 4.63. The van der Waals surface area contributed by atoms with Gasteiger partial charge in [0.1, 0.15) is 11.6 Å². The van der Waals surface area contributed by atoms with Crippen LogP contribution in [0.5, 0.6) is 0 Å². The summed E-state index contributed by atoms with van der Waals surface area (Å²) in [7, 11) is 0. The maximum Gasteiger partial charge on any atom is 0.263 e. The van der Waals surface area contributed by atoms with Crippen molar-refractivity contribution in [3.8, 4) is 0 Å². The molecule has 2 amide bonds. The van der Waals surface area contributed by atoms with Gasteiger partial charge >= 0.3 is 0 Å². The molecule has 1 saturated heterocycles. The van der Waals surface area contributed by atoms with Gasteiger partial charge in [-0.25, -0.2) is 8.78 Å².